The minimum atomic E-state index is -0.977. The number of ether oxygens (including phenoxy) is 1. The summed E-state index contributed by atoms with van der Waals surface area (Å²) >= 11 is 2.93. The highest BCUT2D eigenvalue weighted by atomic mass is 32.1. The average molecular weight is 507 g/mol. The summed E-state index contributed by atoms with van der Waals surface area (Å²) in [6.45, 7) is 6.26. The van der Waals surface area contributed by atoms with Gasteiger partial charge in [-0.1, -0.05) is 31.2 Å². The van der Waals surface area contributed by atoms with Gasteiger partial charge in [-0.3, -0.25) is 20.0 Å². The lowest BCUT2D eigenvalue weighted by atomic mass is 9.95. The highest BCUT2D eigenvalue weighted by Gasteiger charge is 2.28. The van der Waals surface area contributed by atoms with Crippen LogP contribution in [0.3, 0.4) is 0 Å². The molecule has 1 aromatic carbocycles. The number of thiazole rings is 1. The number of carbonyl (C=O) groups excluding carboxylic acids is 2. The van der Waals surface area contributed by atoms with Crippen LogP contribution in [-0.4, -0.2) is 45.9 Å². The van der Waals surface area contributed by atoms with E-state index >= 15 is 0 Å². The number of rotatable bonds is 7. The second-order valence-corrected chi connectivity index (χ2v) is 10.3. The molecule has 4 aromatic rings. The quantitative estimate of drug-likeness (QED) is 0.339. The zero-order valence-electron chi connectivity index (χ0n) is 19.6. The van der Waals surface area contributed by atoms with Crippen LogP contribution < -0.4 is 5.32 Å². The molecule has 5 rings (SSSR count). The number of nitrogens with one attached hydrogen (secondary N) is 1. The van der Waals surface area contributed by atoms with Gasteiger partial charge in [0.15, 0.2) is 11.2 Å². The van der Waals surface area contributed by atoms with Crippen LogP contribution in [0.2, 0.25) is 0 Å². The van der Waals surface area contributed by atoms with Gasteiger partial charge in [0.2, 0.25) is 0 Å². The fraction of sp³-hybridized carbons (Fsp3) is 0.308. The Kier molecular flexibility index (Phi) is 6.90. The lowest BCUT2D eigenvalue weighted by Gasteiger charge is -2.29. The number of pyridine rings is 1. The Balaban J connectivity index is 1.36. The molecule has 1 amide bonds. The minimum Gasteiger partial charge on any atom is -0.449 e. The second kappa shape index (κ2) is 10.2. The highest BCUT2D eigenvalue weighted by Crippen LogP contribution is 2.30. The number of thiophene rings is 1. The molecule has 1 aliphatic rings. The normalized spacial score (nSPS) is 14.5. The number of para-hydroxylation sites is 1. The van der Waals surface area contributed by atoms with Crippen LogP contribution in [0.15, 0.2) is 47.2 Å². The predicted molar refractivity (Wildman–Crippen MR) is 140 cm³/mol. The van der Waals surface area contributed by atoms with Gasteiger partial charge >= 0.3 is 5.97 Å². The molecule has 0 saturated carbocycles. The van der Waals surface area contributed by atoms with Crippen LogP contribution in [0, 0.1) is 0 Å². The summed E-state index contributed by atoms with van der Waals surface area (Å²) in [7, 11) is 0. The van der Waals surface area contributed by atoms with Crippen molar-refractivity contribution in [2.24, 2.45) is 0 Å². The molecule has 0 bridgehead atoms. The van der Waals surface area contributed by atoms with Crippen molar-refractivity contribution in [3.05, 3.63) is 64.0 Å². The molecular formula is C26H26N4O3S2. The van der Waals surface area contributed by atoms with Crippen molar-refractivity contribution in [1.82, 2.24) is 14.9 Å². The number of amides is 1. The molecule has 180 valence electrons. The fourth-order valence-electron chi connectivity index (χ4n) is 4.33. The number of esters is 1. The molecular weight excluding hydrogens is 480 g/mol. The van der Waals surface area contributed by atoms with Gasteiger partial charge in [0.1, 0.15) is 0 Å². The molecule has 1 atom stereocenters. The number of fused-ring (bicyclic) bond motifs is 2. The van der Waals surface area contributed by atoms with Crippen LogP contribution in [0.5, 0.6) is 0 Å². The van der Waals surface area contributed by atoms with Crippen molar-refractivity contribution >= 4 is 50.6 Å². The molecule has 7 nitrogen and oxygen atoms in total. The Bertz CT molecular complexity index is 1370. The number of hydrogen-bond acceptors (Lipinski definition) is 8. The summed E-state index contributed by atoms with van der Waals surface area (Å²) in [4.78, 5) is 39.0. The third-order valence-electron chi connectivity index (χ3n) is 6.03. The molecule has 35 heavy (non-hydrogen) atoms. The van der Waals surface area contributed by atoms with E-state index in [1.54, 1.807) is 18.3 Å². The second-order valence-electron chi connectivity index (χ2n) is 8.51. The van der Waals surface area contributed by atoms with Gasteiger partial charge in [-0.25, -0.2) is 9.78 Å². The minimum absolute atomic E-state index is 0.412. The largest absolute Gasteiger partial charge is 0.449 e. The molecule has 1 unspecified atom stereocenters. The van der Waals surface area contributed by atoms with Crippen LogP contribution in [0.1, 0.15) is 41.9 Å². The Labute approximate surface area is 211 Å². The van der Waals surface area contributed by atoms with Crippen LogP contribution in [0.25, 0.3) is 21.5 Å². The molecule has 0 aliphatic carbocycles. The third-order valence-corrected chi connectivity index (χ3v) is 7.68. The van der Waals surface area contributed by atoms with E-state index in [1.807, 2.05) is 47.2 Å². The van der Waals surface area contributed by atoms with Gasteiger partial charge in [0.25, 0.3) is 5.91 Å². The van der Waals surface area contributed by atoms with Crippen molar-refractivity contribution in [2.45, 2.75) is 39.3 Å². The van der Waals surface area contributed by atoms with E-state index in [1.165, 1.54) is 11.3 Å². The Morgan fingerprint density at radius 3 is 2.83 bits per heavy atom. The molecule has 0 spiro atoms. The molecule has 0 radical (unpaired) electrons. The lowest BCUT2D eigenvalue weighted by molar-refractivity contribution is -0.123. The number of anilines is 1. The summed E-state index contributed by atoms with van der Waals surface area (Å²) in [6, 6.07) is 11.6. The van der Waals surface area contributed by atoms with E-state index in [9.17, 15) is 9.59 Å². The Morgan fingerprint density at radius 2 is 2.03 bits per heavy atom. The van der Waals surface area contributed by atoms with E-state index in [0.717, 1.165) is 58.7 Å². The number of benzene rings is 1. The Hall–Kier alpha value is -3.14. The zero-order chi connectivity index (χ0) is 24.4. The predicted octanol–water partition coefficient (Wildman–Crippen LogP) is 5.37. The number of hydrogen-bond donors (Lipinski definition) is 1. The summed E-state index contributed by atoms with van der Waals surface area (Å²) in [5.74, 6) is -0.912. The van der Waals surface area contributed by atoms with E-state index < -0.39 is 18.0 Å². The monoisotopic (exact) mass is 506 g/mol. The van der Waals surface area contributed by atoms with Gasteiger partial charge in [0.05, 0.1) is 21.7 Å². The molecule has 1 aliphatic heterocycles. The molecule has 1 N–H and O–H groups in total. The van der Waals surface area contributed by atoms with E-state index in [4.69, 9.17) is 9.72 Å². The van der Waals surface area contributed by atoms with E-state index in [0.29, 0.717) is 17.2 Å². The average Bonchev–Trinajstić information content (AvgIpc) is 3.55. The van der Waals surface area contributed by atoms with Crippen LogP contribution >= 0.6 is 22.7 Å². The van der Waals surface area contributed by atoms with Crippen LogP contribution in [-0.2, 0) is 22.5 Å². The molecule has 3 aromatic heterocycles. The van der Waals surface area contributed by atoms with E-state index in [2.05, 4.69) is 22.1 Å². The lowest BCUT2D eigenvalue weighted by Crippen LogP contribution is -2.34. The maximum atomic E-state index is 13.5. The summed E-state index contributed by atoms with van der Waals surface area (Å²) in [5, 5.41) is 7.89. The fourth-order valence-corrected chi connectivity index (χ4v) is 5.81. The number of aromatic nitrogens is 2. The summed E-state index contributed by atoms with van der Waals surface area (Å²) in [5.41, 5.74) is 3.94. The van der Waals surface area contributed by atoms with Crippen molar-refractivity contribution in [2.75, 3.05) is 18.4 Å². The molecule has 4 heterocycles. The first kappa shape index (κ1) is 23.6. The maximum absolute atomic E-state index is 13.5. The molecule has 0 fully saturated rings. The first-order valence-corrected chi connectivity index (χ1v) is 13.4. The smallest absolute Gasteiger partial charge is 0.339 e. The summed E-state index contributed by atoms with van der Waals surface area (Å²) < 4.78 is 5.70. The summed E-state index contributed by atoms with van der Waals surface area (Å²) in [6.07, 6.45) is 0.847. The highest BCUT2D eigenvalue weighted by molar-refractivity contribution is 7.16. The Morgan fingerprint density at radius 1 is 1.17 bits per heavy atom. The molecule has 9 heteroatoms. The standard InChI is InChI=1S/C26H26N4O3S2/c1-3-11-30-12-10-20-18(14-30)23(17-7-4-5-8-19(17)27-20)25(32)33-16(2)24(31)29-26-28-21(15-35-26)22-9-6-13-34-22/h4-9,13,15-16H,3,10-12,14H2,1-2H3,(H,28,29,31). The number of carbonyl (C=O) groups is 2. The third kappa shape index (κ3) is 4.98. The maximum Gasteiger partial charge on any atom is 0.339 e. The van der Waals surface area contributed by atoms with E-state index in [-0.39, 0.29) is 0 Å². The van der Waals surface area contributed by atoms with Gasteiger partial charge in [-0.15, -0.1) is 22.7 Å². The van der Waals surface area contributed by atoms with Gasteiger partial charge in [-0.2, -0.15) is 0 Å². The topological polar surface area (TPSA) is 84.4 Å². The SMILES string of the molecule is CCCN1CCc2nc3ccccc3c(C(=O)OC(C)C(=O)Nc3nc(-c4cccs4)cs3)c2C1. The molecule has 0 saturated heterocycles. The first-order chi connectivity index (χ1) is 17.0. The van der Waals surface area contributed by atoms with Crippen LogP contribution in [0.4, 0.5) is 5.13 Å². The van der Waals surface area contributed by atoms with Crippen molar-refractivity contribution in [3.8, 4) is 10.6 Å². The van der Waals surface area contributed by atoms with Crippen molar-refractivity contribution in [1.29, 1.82) is 0 Å². The van der Waals surface area contributed by atoms with Gasteiger partial charge < -0.3 is 4.74 Å². The van der Waals surface area contributed by atoms with Crippen molar-refractivity contribution < 1.29 is 14.3 Å². The van der Waals surface area contributed by atoms with Crippen molar-refractivity contribution in [3.63, 3.8) is 0 Å². The van der Waals surface area contributed by atoms with Gasteiger partial charge in [0, 0.05) is 41.5 Å². The zero-order valence-corrected chi connectivity index (χ0v) is 21.2. The first-order valence-electron chi connectivity index (χ1n) is 11.7. The van der Waals surface area contributed by atoms with Gasteiger partial charge in [-0.05, 0) is 37.4 Å². The number of nitrogens with zero attached hydrogens (tertiary/aromatic N) is 3.